The van der Waals surface area contributed by atoms with E-state index in [0.29, 0.717) is 0 Å². The minimum absolute atomic E-state index is 0.834. The molecule has 1 unspecified atom stereocenters. The summed E-state index contributed by atoms with van der Waals surface area (Å²) in [6.07, 6.45) is 2.65. The number of rotatable bonds is 4. The molecule has 1 saturated heterocycles. The molecule has 1 rings (SSSR count). The Morgan fingerprint density at radius 3 is 2.36 bits per heavy atom. The van der Waals surface area contributed by atoms with Crippen LogP contribution in [0.4, 0.5) is 0 Å². The summed E-state index contributed by atoms with van der Waals surface area (Å²) in [4.78, 5) is 5.20. The molecule has 1 aliphatic heterocycles. The number of hydrogen-bond acceptors (Lipinski definition) is 2. The number of hydrogen-bond donors (Lipinski definition) is 0. The van der Waals surface area contributed by atoms with Gasteiger partial charge >= 0.3 is 0 Å². The van der Waals surface area contributed by atoms with E-state index in [-0.39, 0.29) is 0 Å². The van der Waals surface area contributed by atoms with Crippen molar-refractivity contribution in [2.45, 2.75) is 30.6 Å². The highest BCUT2D eigenvalue weighted by molar-refractivity contribution is 14.1. The fraction of sp³-hybridized carbons (Fsp3) is 1.00. The van der Waals surface area contributed by atoms with Crippen molar-refractivity contribution in [2.75, 3.05) is 39.3 Å². The van der Waals surface area contributed by atoms with Gasteiger partial charge in [-0.15, -0.1) is 0 Å². The first-order valence-electron chi connectivity index (χ1n) is 5.85. The van der Waals surface area contributed by atoms with Crippen LogP contribution in [-0.4, -0.2) is 53.0 Å². The molecule has 84 valence electrons. The van der Waals surface area contributed by atoms with E-state index in [9.17, 15) is 0 Å². The van der Waals surface area contributed by atoms with Gasteiger partial charge in [-0.25, -0.2) is 0 Å². The van der Waals surface area contributed by atoms with Crippen LogP contribution in [0.1, 0.15) is 26.7 Å². The van der Waals surface area contributed by atoms with E-state index < -0.39 is 0 Å². The van der Waals surface area contributed by atoms with Crippen LogP contribution < -0.4 is 0 Å². The standard InChI is InChI=1S/C11H23IN2/c1-3-11(12)10-14-7-5-6-13(4-2)8-9-14/h11H,3-10H2,1-2H3. The quantitative estimate of drug-likeness (QED) is 0.580. The van der Waals surface area contributed by atoms with Gasteiger partial charge in [0.25, 0.3) is 0 Å². The van der Waals surface area contributed by atoms with Crippen molar-refractivity contribution < 1.29 is 0 Å². The van der Waals surface area contributed by atoms with Crippen LogP contribution in [0.25, 0.3) is 0 Å². The Balaban J connectivity index is 2.27. The van der Waals surface area contributed by atoms with Crippen LogP contribution in [-0.2, 0) is 0 Å². The van der Waals surface area contributed by atoms with Gasteiger partial charge in [-0.1, -0.05) is 36.4 Å². The third-order valence-electron chi connectivity index (χ3n) is 3.03. The highest BCUT2D eigenvalue weighted by Crippen LogP contribution is 2.10. The second-order valence-corrected chi connectivity index (χ2v) is 5.86. The molecule has 0 N–H and O–H groups in total. The molecule has 0 saturated carbocycles. The van der Waals surface area contributed by atoms with Gasteiger partial charge in [0.1, 0.15) is 0 Å². The maximum atomic E-state index is 2.64. The fourth-order valence-corrected chi connectivity index (χ4v) is 2.49. The van der Waals surface area contributed by atoms with E-state index >= 15 is 0 Å². The first kappa shape index (κ1) is 12.7. The Hall–Kier alpha value is 0.650. The largest absolute Gasteiger partial charge is 0.302 e. The van der Waals surface area contributed by atoms with Crippen molar-refractivity contribution in [3.63, 3.8) is 0 Å². The van der Waals surface area contributed by atoms with Gasteiger partial charge in [0.15, 0.2) is 0 Å². The van der Waals surface area contributed by atoms with Gasteiger partial charge in [-0.2, -0.15) is 0 Å². The van der Waals surface area contributed by atoms with Crippen LogP contribution in [0.15, 0.2) is 0 Å². The van der Waals surface area contributed by atoms with E-state index in [0.717, 1.165) is 3.92 Å². The maximum absolute atomic E-state index is 2.64. The summed E-state index contributed by atoms with van der Waals surface area (Å²) >= 11 is 2.58. The zero-order valence-corrected chi connectivity index (χ0v) is 11.7. The zero-order chi connectivity index (χ0) is 10.4. The van der Waals surface area contributed by atoms with Crippen molar-refractivity contribution in [1.82, 2.24) is 9.80 Å². The lowest BCUT2D eigenvalue weighted by Crippen LogP contribution is -2.34. The lowest BCUT2D eigenvalue weighted by atomic mass is 10.3. The molecule has 0 aromatic rings. The van der Waals surface area contributed by atoms with E-state index in [1.807, 2.05) is 0 Å². The molecule has 1 atom stereocenters. The van der Waals surface area contributed by atoms with Crippen LogP contribution in [0.5, 0.6) is 0 Å². The average Bonchev–Trinajstić information content (AvgIpc) is 2.43. The van der Waals surface area contributed by atoms with Crippen molar-refractivity contribution in [3.05, 3.63) is 0 Å². The molecule has 0 bridgehead atoms. The second kappa shape index (κ2) is 7.01. The third kappa shape index (κ3) is 4.45. The molecule has 2 nitrogen and oxygen atoms in total. The molecule has 1 heterocycles. The first-order valence-corrected chi connectivity index (χ1v) is 7.09. The number of halogens is 1. The Morgan fingerprint density at radius 2 is 1.71 bits per heavy atom. The number of alkyl halides is 1. The van der Waals surface area contributed by atoms with Gasteiger partial charge in [0.05, 0.1) is 0 Å². The molecule has 3 heteroatoms. The predicted octanol–water partition coefficient (Wildman–Crippen LogP) is 2.23. The topological polar surface area (TPSA) is 6.48 Å². The van der Waals surface area contributed by atoms with Crippen LogP contribution in [0.2, 0.25) is 0 Å². The molecule has 0 aromatic carbocycles. The molecule has 0 spiro atoms. The van der Waals surface area contributed by atoms with Gasteiger partial charge in [-0.05, 0) is 32.5 Å². The third-order valence-corrected chi connectivity index (χ3v) is 4.30. The molecular formula is C11H23IN2. The Bertz CT molecular complexity index is 152. The Labute approximate surface area is 102 Å². The summed E-state index contributed by atoms with van der Waals surface area (Å²) in [5.74, 6) is 0. The minimum atomic E-state index is 0.834. The van der Waals surface area contributed by atoms with Gasteiger partial charge in [0, 0.05) is 23.6 Å². The predicted molar refractivity (Wildman–Crippen MR) is 71.3 cm³/mol. The maximum Gasteiger partial charge on any atom is 0.0234 e. The summed E-state index contributed by atoms with van der Waals surface area (Å²) in [7, 11) is 0. The molecule has 0 aliphatic carbocycles. The molecule has 14 heavy (non-hydrogen) atoms. The average molecular weight is 310 g/mol. The number of nitrogens with zero attached hydrogens (tertiary/aromatic N) is 2. The van der Waals surface area contributed by atoms with E-state index in [4.69, 9.17) is 0 Å². The van der Waals surface area contributed by atoms with Crippen molar-refractivity contribution in [1.29, 1.82) is 0 Å². The SMILES string of the molecule is CCC(I)CN1CCCN(CC)CC1. The lowest BCUT2D eigenvalue weighted by Gasteiger charge is -2.22. The Kier molecular flexibility index (Phi) is 6.37. The summed E-state index contributed by atoms with van der Waals surface area (Å²) in [6.45, 7) is 12.2. The summed E-state index contributed by atoms with van der Waals surface area (Å²) in [6, 6.07) is 0. The molecule has 0 aromatic heterocycles. The van der Waals surface area contributed by atoms with Crippen molar-refractivity contribution in [2.24, 2.45) is 0 Å². The Morgan fingerprint density at radius 1 is 1.07 bits per heavy atom. The minimum Gasteiger partial charge on any atom is -0.302 e. The monoisotopic (exact) mass is 310 g/mol. The fourth-order valence-electron chi connectivity index (χ4n) is 1.93. The summed E-state index contributed by atoms with van der Waals surface area (Å²) in [5, 5.41) is 0. The van der Waals surface area contributed by atoms with Gasteiger partial charge in [-0.3, -0.25) is 0 Å². The molecule has 0 radical (unpaired) electrons. The molecule has 0 amide bonds. The summed E-state index contributed by atoms with van der Waals surface area (Å²) < 4.78 is 0.834. The smallest absolute Gasteiger partial charge is 0.0234 e. The molecule has 1 fully saturated rings. The highest BCUT2D eigenvalue weighted by Gasteiger charge is 2.15. The van der Waals surface area contributed by atoms with Crippen LogP contribution in [0, 0.1) is 0 Å². The van der Waals surface area contributed by atoms with Crippen molar-refractivity contribution in [3.8, 4) is 0 Å². The normalized spacial score (nSPS) is 23.4. The van der Waals surface area contributed by atoms with Gasteiger partial charge in [0.2, 0.25) is 0 Å². The highest BCUT2D eigenvalue weighted by atomic mass is 127. The van der Waals surface area contributed by atoms with E-state index in [1.54, 1.807) is 0 Å². The van der Waals surface area contributed by atoms with Crippen LogP contribution >= 0.6 is 22.6 Å². The second-order valence-electron chi connectivity index (χ2n) is 4.09. The van der Waals surface area contributed by atoms with Crippen LogP contribution in [0.3, 0.4) is 0 Å². The first-order chi connectivity index (χ1) is 6.76. The lowest BCUT2D eigenvalue weighted by molar-refractivity contribution is 0.264. The molecule has 1 aliphatic rings. The summed E-state index contributed by atoms with van der Waals surface area (Å²) in [5.41, 5.74) is 0. The van der Waals surface area contributed by atoms with E-state index in [2.05, 4.69) is 46.2 Å². The van der Waals surface area contributed by atoms with Crippen molar-refractivity contribution >= 4 is 22.6 Å². The molecular weight excluding hydrogens is 287 g/mol. The van der Waals surface area contributed by atoms with E-state index in [1.165, 1.54) is 52.1 Å². The number of likely N-dealkylation sites (N-methyl/N-ethyl adjacent to an activating group) is 1. The zero-order valence-electron chi connectivity index (χ0n) is 9.51. The van der Waals surface area contributed by atoms with Gasteiger partial charge < -0.3 is 9.80 Å².